The Morgan fingerprint density at radius 3 is 2.55 bits per heavy atom. The van der Waals surface area contributed by atoms with E-state index in [4.69, 9.17) is 4.18 Å². The maximum atomic E-state index is 13.1. The summed E-state index contributed by atoms with van der Waals surface area (Å²) in [5.74, 6) is -0.469. The maximum absolute atomic E-state index is 13.1. The number of benzene rings is 1. The average Bonchev–Trinajstić information content (AvgIpc) is 2.90. The van der Waals surface area contributed by atoms with Crippen molar-refractivity contribution in [3.05, 3.63) is 48.3 Å². The van der Waals surface area contributed by atoms with Crippen LogP contribution in [0.25, 0.3) is 0 Å². The largest absolute Gasteiger partial charge is 0.380 e. The fourth-order valence-electron chi connectivity index (χ4n) is 2.10. The topological polar surface area (TPSA) is 94.3 Å². The van der Waals surface area contributed by atoms with Crippen LogP contribution < -0.4 is 0 Å². The molecule has 0 aliphatic heterocycles. The molecule has 1 heterocycles. The van der Waals surface area contributed by atoms with Gasteiger partial charge in [0, 0.05) is 0 Å². The third kappa shape index (κ3) is 3.87. The number of halogens is 1. The Kier molecular flexibility index (Phi) is 4.59. The van der Waals surface area contributed by atoms with E-state index in [0.717, 1.165) is 6.26 Å². The number of nitrogens with zero attached hydrogens (tertiary/aromatic N) is 3. The maximum Gasteiger partial charge on any atom is 0.264 e. The van der Waals surface area contributed by atoms with Crippen molar-refractivity contribution in [3.8, 4) is 0 Å². The summed E-state index contributed by atoms with van der Waals surface area (Å²) < 4.78 is 42.0. The van der Waals surface area contributed by atoms with Crippen LogP contribution in [0.15, 0.2) is 36.9 Å². The van der Waals surface area contributed by atoms with E-state index in [1.54, 1.807) is 0 Å². The molecule has 2 rings (SSSR count). The van der Waals surface area contributed by atoms with Gasteiger partial charge in [0.25, 0.3) is 10.1 Å². The molecule has 120 valence electrons. The van der Waals surface area contributed by atoms with Crippen LogP contribution in [0.2, 0.25) is 0 Å². The molecule has 0 aliphatic carbocycles. The highest BCUT2D eigenvalue weighted by Crippen LogP contribution is 2.30. The summed E-state index contributed by atoms with van der Waals surface area (Å²) >= 11 is 0. The summed E-state index contributed by atoms with van der Waals surface area (Å²) in [7, 11) is -3.78. The molecule has 0 saturated carbocycles. The third-order valence-corrected chi connectivity index (χ3v) is 3.84. The molecule has 1 aromatic carbocycles. The second-order valence-electron chi connectivity index (χ2n) is 4.97. The highest BCUT2D eigenvalue weighted by atomic mass is 32.2. The van der Waals surface area contributed by atoms with Gasteiger partial charge in [-0.25, -0.2) is 14.1 Å². The molecule has 9 heteroatoms. The van der Waals surface area contributed by atoms with Crippen molar-refractivity contribution >= 4 is 10.1 Å². The number of rotatable bonds is 6. The summed E-state index contributed by atoms with van der Waals surface area (Å²) in [6, 6.07) is 5.09. The second kappa shape index (κ2) is 6.11. The number of aliphatic hydroxyl groups is 1. The van der Waals surface area contributed by atoms with E-state index in [9.17, 15) is 17.9 Å². The molecule has 7 nitrogen and oxygen atoms in total. The molecule has 0 unspecified atom stereocenters. The molecule has 2 aromatic rings. The Morgan fingerprint density at radius 2 is 2.05 bits per heavy atom. The van der Waals surface area contributed by atoms with Crippen LogP contribution in [0.3, 0.4) is 0 Å². The number of hydrogen-bond acceptors (Lipinski definition) is 6. The molecular formula is C13H16FN3O4S. The lowest BCUT2D eigenvalue weighted by Gasteiger charge is -2.33. The first kappa shape index (κ1) is 16.5. The highest BCUT2D eigenvalue weighted by Gasteiger charge is 2.39. The molecule has 0 fully saturated rings. The van der Waals surface area contributed by atoms with Crippen molar-refractivity contribution in [1.82, 2.24) is 14.8 Å². The molecule has 0 saturated heterocycles. The van der Waals surface area contributed by atoms with Crippen molar-refractivity contribution in [2.75, 3.05) is 6.26 Å². The Balaban J connectivity index is 2.40. The summed E-state index contributed by atoms with van der Waals surface area (Å²) in [5, 5.41) is 14.9. The fraction of sp³-hybridized carbons (Fsp3) is 0.385. The zero-order valence-corrected chi connectivity index (χ0v) is 12.9. The van der Waals surface area contributed by atoms with Gasteiger partial charge in [0.15, 0.2) is 0 Å². The van der Waals surface area contributed by atoms with Gasteiger partial charge in [-0.1, -0.05) is 12.1 Å². The summed E-state index contributed by atoms with van der Waals surface area (Å²) in [4.78, 5) is 3.77. The average molecular weight is 329 g/mol. The van der Waals surface area contributed by atoms with E-state index in [1.165, 1.54) is 48.5 Å². The van der Waals surface area contributed by atoms with Gasteiger partial charge in [0.1, 0.15) is 30.2 Å². The van der Waals surface area contributed by atoms with E-state index in [2.05, 4.69) is 10.1 Å². The van der Waals surface area contributed by atoms with Gasteiger partial charge in [0.2, 0.25) is 0 Å². The van der Waals surface area contributed by atoms with Gasteiger partial charge in [0.05, 0.1) is 12.8 Å². The second-order valence-corrected chi connectivity index (χ2v) is 6.57. The van der Waals surface area contributed by atoms with E-state index >= 15 is 0 Å². The smallest absolute Gasteiger partial charge is 0.264 e. The summed E-state index contributed by atoms with van der Waals surface area (Å²) in [5.41, 5.74) is -1.43. The first-order valence-electron chi connectivity index (χ1n) is 6.40. The van der Waals surface area contributed by atoms with Gasteiger partial charge in [-0.2, -0.15) is 13.5 Å². The van der Waals surface area contributed by atoms with Crippen molar-refractivity contribution in [2.45, 2.75) is 25.2 Å². The lowest BCUT2D eigenvalue weighted by Crippen LogP contribution is -2.44. The molecule has 0 spiro atoms. The lowest BCUT2D eigenvalue weighted by atomic mass is 9.89. The zero-order valence-electron chi connectivity index (χ0n) is 12.0. The molecule has 1 N–H and O–H groups in total. The minimum atomic E-state index is -3.78. The van der Waals surface area contributed by atoms with Crippen molar-refractivity contribution in [3.63, 3.8) is 0 Å². The zero-order chi connectivity index (χ0) is 16.4. The standard InChI is InChI=1S/C13H16FN3O4S/c1-10(21-22(2,19)20)13(18,7-17-9-15-8-16-17)11-3-5-12(14)6-4-11/h3-6,8-10,18H,7H2,1-2H3/t10-,13+/m0/s1. The number of aromatic nitrogens is 3. The molecule has 22 heavy (non-hydrogen) atoms. The van der Waals surface area contributed by atoms with Crippen LogP contribution in [0, 0.1) is 5.82 Å². The Hall–Kier alpha value is -1.84. The first-order chi connectivity index (χ1) is 10.2. The molecular weight excluding hydrogens is 313 g/mol. The Labute approximate surface area is 127 Å². The quantitative estimate of drug-likeness (QED) is 0.783. The van der Waals surface area contributed by atoms with Crippen molar-refractivity contribution in [1.29, 1.82) is 0 Å². The van der Waals surface area contributed by atoms with Gasteiger partial charge < -0.3 is 5.11 Å². The molecule has 0 radical (unpaired) electrons. The first-order valence-corrected chi connectivity index (χ1v) is 8.21. The molecule has 0 aliphatic rings. The van der Waals surface area contributed by atoms with Crippen LogP contribution in [0.1, 0.15) is 12.5 Å². The predicted octanol–water partition coefficient (Wildman–Crippen LogP) is 0.670. The SMILES string of the molecule is C[C@H](OS(C)(=O)=O)[C@](O)(Cn1cncn1)c1ccc(F)cc1. The van der Waals surface area contributed by atoms with Crippen LogP contribution in [-0.4, -0.2) is 40.6 Å². The van der Waals surface area contributed by atoms with E-state index < -0.39 is 27.6 Å². The van der Waals surface area contributed by atoms with Crippen molar-refractivity contribution < 1.29 is 22.1 Å². The Morgan fingerprint density at radius 1 is 1.41 bits per heavy atom. The van der Waals surface area contributed by atoms with Crippen LogP contribution >= 0.6 is 0 Å². The third-order valence-electron chi connectivity index (χ3n) is 3.21. The monoisotopic (exact) mass is 329 g/mol. The minimum absolute atomic E-state index is 0.102. The summed E-state index contributed by atoms with van der Waals surface area (Å²) in [6.07, 6.45) is 2.44. The van der Waals surface area contributed by atoms with Gasteiger partial charge >= 0.3 is 0 Å². The van der Waals surface area contributed by atoms with Crippen molar-refractivity contribution in [2.24, 2.45) is 0 Å². The van der Waals surface area contributed by atoms with Crippen LogP contribution in [0.5, 0.6) is 0 Å². The molecule has 0 amide bonds. The molecule has 1 aromatic heterocycles. The fourth-order valence-corrected chi connectivity index (χ4v) is 2.78. The van der Waals surface area contributed by atoms with Crippen LogP contribution in [-0.2, 0) is 26.4 Å². The van der Waals surface area contributed by atoms with Gasteiger partial charge in [-0.15, -0.1) is 0 Å². The van der Waals surface area contributed by atoms with Crippen LogP contribution in [0.4, 0.5) is 4.39 Å². The molecule has 2 atom stereocenters. The highest BCUT2D eigenvalue weighted by molar-refractivity contribution is 7.86. The van der Waals surface area contributed by atoms with Gasteiger partial charge in [-0.3, -0.25) is 4.18 Å². The predicted molar refractivity (Wildman–Crippen MR) is 75.7 cm³/mol. The minimum Gasteiger partial charge on any atom is -0.380 e. The van der Waals surface area contributed by atoms with E-state index in [-0.39, 0.29) is 6.54 Å². The molecule has 0 bridgehead atoms. The lowest BCUT2D eigenvalue weighted by molar-refractivity contribution is -0.0712. The number of hydrogen-bond donors (Lipinski definition) is 1. The van der Waals surface area contributed by atoms with E-state index in [0.29, 0.717) is 5.56 Å². The van der Waals surface area contributed by atoms with E-state index in [1.807, 2.05) is 0 Å². The summed E-state index contributed by atoms with van der Waals surface area (Å²) in [6.45, 7) is 1.32. The Bertz CT molecular complexity index is 718. The van der Waals surface area contributed by atoms with Gasteiger partial charge in [-0.05, 0) is 24.6 Å². The normalized spacial score (nSPS) is 16.2.